The summed E-state index contributed by atoms with van der Waals surface area (Å²) in [5.74, 6) is -0.121. The lowest BCUT2D eigenvalue weighted by molar-refractivity contribution is -0.140. The Morgan fingerprint density at radius 3 is 2.00 bits per heavy atom. The fraction of sp³-hybridized carbons (Fsp3) is 0.588. The Labute approximate surface area is 123 Å². The Morgan fingerprint density at radius 1 is 0.900 bits per heavy atom. The minimum absolute atomic E-state index is 0.121. The molecule has 0 radical (unpaired) electrons. The first-order valence-electron chi connectivity index (χ1n) is 7.44. The van der Waals surface area contributed by atoms with Gasteiger partial charge in [0.05, 0.1) is 7.11 Å². The van der Waals surface area contributed by atoms with Crippen LogP contribution in [0, 0.1) is 0 Å². The second-order valence-corrected chi connectivity index (χ2v) is 4.57. The second kappa shape index (κ2) is 15.7. The standard InChI is InChI=1S/C17H28O3/c1-20-17(19)15-13-11-9-7-5-3-2-4-6-8-10-12-14-16-18/h2,4-5,7-8,10,18H,3,6,9,11-16H2,1H3/b4-2-,7-5-,10-8-. The van der Waals surface area contributed by atoms with Gasteiger partial charge in [0.2, 0.25) is 0 Å². The molecule has 0 amide bonds. The van der Waals surface area contributed by atoms with E-state index in [4.69, 9.17) is 5.11 Å². The Balaban J connectivity index is 3.34. The summed E-state index contributed by atoms with van der Waals surface area (Å²) in [5.41, 5.74) is 0. The largest absolute Gasteiger partial charge is 0.469 e. The first-order chi connectivity index (χ1) is 9.81. The minimum Gasteiger partial charge on any atom is -0.469 e. The minimum atomic E-state index is -0.121. The van der Waals surface area contributed by atoms with E-state index in [1.165, 1.54) is 7.11 Å². The van der Waals surface area contributed by atoms with Crippen molar-refractivity contribution in [3.05, 3.63) is 36.5 Å². The van der Waals surface area contributed by atoms with E-state index in [9.17, 15) is 4.79 Å². The van der Waals surface area contributed by atoms with Crippen LogP contribution in [0.15, 0.2) is 36.5 Å². The molecular formula is C17H28O3. The van der Waals surface area contributed by atoms with Crippen LogP contribution in [0.3, 0.4) is 0 Å². The van der Waals surface area contributed by atoms with Gasteiger partial charge in [-0.05, 0) is 44.9 Å². The van der Waals surface area contributed by atoms with Crippen LogP contribution in [0.2, 0.25) is 0 Å². The van der Waals surface area contributed by atoms with Gasteiger partial charge in [-0.1, -0.05) is 36.5 Å². The molecule has 0 aliphatic carbocycles. The molecule has 3 nitrogen and oxygen atoms in total. The van der Waals surface area contributed by atoms with E-state index in [1.807, 2.05) is 0 Å². The van der Waals surface area contributed by atoms with Crippen LogP contribution in [-0.2, 0) is 9.53 Å². The Kier molecular flexibility index (Phi) is 14.6. The van der Waals surface area contributed by atoms with E-state index < -0.39 is 0 Å². The number of carbonyl (C=O) groups excluding carboxylic acids is 1. The molecule has 0 aliphatic heterocycles. The molecule has 0 aliphatic rings. The van der Waals surface area contributed by atoms with Crippen molar-refractivity contribution in [1.82, 2.24) is 0 Å². The summed E-state index contributed by atoms with van der Waals surface area (Å²) in [5, 5.41) is 8.60. The van der Waals surface area contributed by atoms with Gasteiger partial charge in [0.25, 0.3) is 0 Å². The number of unbranched alkanes of at least 4 members (excludes halogenated alkanes) is 3. The van der Waals surface area contributed by atoms with E-state index in [1.54, 1.807) is 0 Å². The molecule has 0 heterocycles. The van der Waals surface area contributed by atoms with Gasteiger partial charge in [0.1, 0.15) is 0 Å². The van der Waals surface area contributed by atoms with E-state index in [2.05, 4.69) is 41.2 Å². The molecule has 3 heteroatoms. The maximum Gasteiger partial charge on any atom is 0.305 e. The molecule has 0 saturated heterocycles. The molecule has 0 bridgehead atoms. The van der Waals surface area contributed by atoms with Gasteiger partial charge in [0.15, 0.2) is 0 Å². The molecule has 0 rings (SSSR count). The summed E-state index contributed by atoms with van der Waals surface area (Å²) < 4.78 is 4.58. The first-order valence-corrected chi connectivity index (χ1v) is 7.44. The third kappa shape index (κ3) is 14.7. The van der Waals surface area contributed by atoms with Crippen molar-refractivity contribution < 1.29 is 14.6 Å². The lowest BCUT2D eigenvalue weighted by Crippen LogP contribution is -1.98. The normalized spacial score (nSPS) is 11.9. The average molecular weight is 280 g/mol. The summed E-state index contributed by atoms with van der Waals surface area (Å²) in [4.78, 5) is 10.9. The molecule has 20 heavy (non-hydrogen) atoms. The van der Waals surface area contributed by atoms with Crippen LogP contribution >= 0.6 is 0 Å². The highest BCUT2D eigenvalue weighted by Crippen LogP contribution is 2.02. The first kappa shape index (κ1) is 18.7. The van der Waals surface area contributed by atoms with Crippen LogP contribution < -0.4 is 0 Å². The third-order valence-corrected chi connectivity index (χ3v) is 2.80. The van der Waals surface area contributed by atoms with Crippen LogP contribution in [0.25, 0.3) is 0 Å². The van der Waals surface area contributed by atoms with Crippen molar-refractivity contribution in [2.24, 2.45) is 0 Å². The Hall–Kier alpha value is -1.35. The van der Waals surface area contributed by atoms with Gasteiger partial charge >= 0.3 is 5.97 Å². The smallest absolute Gasteiger partial charge is 0.305 e. The summed E-state index contributed by atoms with van der Waals surface area (Å²) in [6.45, 7) is 0.268. The zero-order valence-electron chi connectivity index (χ0n) is 12.6. The zero-order chi connectivity index (χ0) is 14.9. The Bertz CT molecular complexity index is 303. The molecule has 0 spiro atoms. The predicted octanol–water partition coefficient (Wildman–Crippen LogP) is 3.94. The number of allylic oxidation sites excluding steroid dienone is 6. The molecular weight excluding hydrogens is 252 g/mol. The Morgan fingerprint density at radius 2 is 1.45 bits per heavy atom. The number of aliphatic hydroxyl groups excluding tert-OH is 1. The van der Waals surface area contributed by atoms with Crippen LogP contribution in [0.4, 0.5) is 0 Å². The molecule has 1 N–H and O–H groups in total. The number of hydrogen-bond acceptors (Lipinski definition) is 3. The van der Waals surface area contributed by atoms with Crippen molar-refractivity contribution in [2.45, 2.75) is 51.4 Å². The molecule has 0 aromatic rings. The number of esters is 1. The molecule has 0 unspecified atom stereocenters. The van der Waals surface area contributed by atoms with E-state index in [0.29, 0.717) is 6.42 Å². The molecule has 114 valence electrons. The van der Waals surface area contributed by atoms with Crippen molar-refractivity contribution in [3.63, 3.8) is 0 Å². The maximum atomic E-state index is 10.9. The summed E-state index contributed by atoms with van der Waals surface area (Å²) in [6.07, 6.45) is 20.0. The number of ether oxygens (including phenoxy) is 1. The van der Waals surface area contributed by atoms with Gasteiger partial charge < -0.3 is 9.84 Å². The molecule has 0 atom stereocenters. The van der Waals surface area contributed by atoms with Gasteiger partial charge in [-0.25, -0.2) is 0 Å². The zero-order valence-corrected chi connectivity index (χ0v) is 12.6. The van der Waals surface area contributed by atoms with Crippen LogP contribution in [0.5, 0.6) is 0 Å². The van der Waals surface area contributed by atoms with Gasteiger partial charge in [-0.15, -0.1) is 0 Å². The third-order valence-electron chi connectivity index (χ3n) is 2.80. The highest BCUT2D eigenvalue weighted by molar-refractivity contribution is 5.68. The van der Waals surface area contributed by atoms with Crippen LogP contribution in [0.1, 0.15) is 51.4 Å². The monoisotopic (exact) mass is 280 g/mol. The lowest BCUT2D eigenvalue weighted by atomic mass is 10.2. The van der Waals surface area contributed by atoms with Gasteiger partial charge in [-0.2, -0.15) is 0 Å². The van der Waals surface area contributed by atoms with E-state index in [0.717, 1.165) is 44.9 Å². The van der Waals surface area contributed by atoms with Crippen molar-refractivity contribution in [2.75, 3.05) is 13.7 Å². The van der Waals surface area contributed by atoms with E-state index >= 15 is 0 Å². The van der Waals surface area contributed by atoms with Crippen LogP contribution in [-0.4, -0.2) is 24.8 Å². The lowest BCUT2D eigenvalue weighted by Gasteiger charge is -1.96. The molecule has 0 aromatic heterocycles. The fourth-order valence-corrected chi connectivity index (χ4v) is 1.62. The molecule has 0 saturated carbocycles. The number of hydrogen-bond donors (Lipinski definition) is 1. The summed E-state index contributed by atoms with van der Waals surface area (Å²) in [6, 6.07) is 0. The number of rotatable bonds is 12. The van der Waals surface area contributed by atoms with Crippen molar-refractivity contribution >= 4 is 5.97 Å². The fourth-order valence-electron chi connectivity index (χ4n) is 1.62. The highest BCUT2D eigenvalue weighted by Gasteiger charge is 1.97. The van der Waals surface area contributed by atoms with E-state index in [-0.39, 0.29) is 12.6 Å². The summed E-state index contributed by atoms with van der Waals surface area (Å²) in [7, 11) is 1.43. The molecule has 0 aromatic carbocycles. The topological polar surface area (TPSA) is 46.5 Å². The number of aliphatic hydroxyl groups is 1. The van der Waals surface area contributed by atoms with Gasteiger partial charge in [-0.3, -0.25) is 4.79 Å². The highest BCUT2D eigenvalue weighted by atomic mass is 16.5. The summed E-state index contributed by atoms with van der Waals surface area (Å²) >= 11 is 0. The predicted molar refractivity (Wildman–Crippen MR) is 83.5 cm³/mol. The maximum absolute atomic E-state index is 10.9. The van der Waals surface area contributed by atoms with Crippen molar-refractivity contribution in [1.29, 1.82) is 0 Å². The average Bonchev–Trinajstić information content (AvgIpc) is 2.47. The quantitative estimate of drug-likeness (QED) is 0.334. The number of methoxy groups -OCH3 is 1. The van der Waals surface area contributed by atoms with Crippen molar-refractivity contribution in [3.8, 4) is 0 Å². The number of carbonyl (C=O) groups is 1. The second-order valence-electron chi connectivity index (χ2n) is 4.57. The van der Waals surface area contributed by atoms with Gasteiger partial charge in [0, 0.05) is 13.0 Å². The SMILES string of the molecule is COC(=O)CCCC/C=C\C/C=C\C/C=C\CCCO. The molecule has 0 fully saturated rings.